The summed E-state index contributed by atoms with van der Waals surface area (Å²) in [5.41, 5.74) is 1.65. The molecule has 2 heterocycles. The van der Waals surface area contributed by atoms with Crippen molar-refractivity contribution in [2.24, 2.45) is 0 Å². The third kappa shape index (κ3) is 5.34. The summed E-state index contributed by atoms with van der Waals surface area (Å²) in [6.45, 7) is 0. The van der Waals surface area contributed by atoms with Gasteiger partial charge in [0.1, 0.15) is 5.75 Å². The maximum absolute atomic E-state index is 12.5. The molecule has 0 aliphatic heterocycles. The van der Waals surface area contributed by atoms with E-state index < -0.39 is 0 Å². The van der Waals surface area contributed by atoms with Crippen LogP contribution in [0.4, 0.5) is 11.4 Å². The number of thioether (sulfide) groups is 1. The molecule has 2 aromatic carbocycles. The van der Waals surface area contributed by atoms with Gasteiger partial charge in [-0.15, -0.1) is 16.4 Å². The Morgan fingerprint density at radius 3 is 2.62 bits per heavy atom. The molecule has 4 aromatic rings. The molecule has 0 unspecified atom stereocenters. The standard InChI is InChI=1S/C22H19N5O3S2/c1-30-17-6-3-2-5-16(17)24-21(29)14-8-10-15(11-9-14)23-19(28)13-32-22-25-20(26-27-22)18-7-4-12-31-18/h2-12H,13H2,1H3,(H,23,28)(H,24,29)(H,25,26,27). The highest BCUT2D eigenvalue weighted by Gasteiger charge is 2.12. The average molecular weight is 466 g/mol. The maximum Gasteiger partial charge on any atom is 0.255 e. The number of aromatic nitrogens is 3. The van der Waals surface area contributed by atoms with Crippen molar-refractivity contribution in [3.05, 3.63) is 71.6 Å². The Morgan fingerprint density at radius 2 is 1.88 bits per heavy atom. The number of nitrogens with one attached hydrogen (secondary N) is 3. The molecule has 2 aromatic heterocycles. The van der Waals surface area contributed by atoms with E-state index in [1.165, 1.54) is 11.8 Å². The Labute approximate surface area is 192 Å². The number of nitrogens with zero attached hydrogens (tertiary/aromatic N) is 2. The van der Waals surface area contributed by atoms with Crippen LogP contribution in [0.1, 0.15) is 10.4 Å². The van der Waals surface area contributed by atoms with Gasteiger partial charge >= 0.3 is 0 Å². The van der Waals surface area contributed by atoms with Gasteiger partial charge in [0.05, 0.1) is 23.4 Å². The third-order valence-corrected chi connectivity index (χ3v) is 6.06. The molecule has 10 heteroatoms. The lowest BCUT2D eigenvalue weighted by Crippen LogP contribution is -2.15. The van der Waals surface area contributed by atoms with E-state index >= 15 is 0 Å². The molecule has 0 bridgehead atoms. The first-order valence-electron chi connectivity index (χ1n) is 9.56. The number of carbonyl (C=O) groups is 2. The number of thiophene rings is 1. The van der Waals surface area contributed by atoms with E-state index in [1.807, 2.05) is 29.6 Å². The van der Waals surface area contributed by atoms with Crippen molar-refractivity contribution in [1.29, 1.82) is 0 Å². The smallest absolute Gasteiger partial charge is 0.255 e. The Bertz CT molecular complexity index is 1210. The summed E-state index contributed by atoms with van der Waals surface area (Å²) >= 11 is 2.81. The lowest BCUT2D eigenvalue weighted by molar-refractivity contribution is -0.113. The van der Waals surface area contributed by atoms with Gasteiger partial charge in [-0.1, -0.05) is 30.0 Å². The van der Waals surface area contributed by atoms with Crippen molar-refractivity contribution in [3.63, 3.8) is 0 Å². The Kier molecular flexibility index (Phi) is 6.83. The molecule has 0 radical (unpaired) electrons. The fourth-order valence-electron chi connectivity index (χ4n) is 2.81. The fourth-order valence-corrected chi connectivity index (χ4v) is 4.07. The van der Waals surface area contributed by atoms with Crippen LogP contribution >= 0.6 is 23.1 Å². The summed E-state index contributed by atoms with van der Waals surface area (Å²) in [4.78, 5) is 30.1. The molecule has 0 saturated heterocycles. The molecule has 0 aliphatic rings. The van der Waals surface area contributed by atoms with E-state index in [9.17, 15) is 9.59 Å². The molecule has 0 spiro atoms. The highest BCUT2D eigenvalue weighted by Crippen LogP contribution is 2.25. The number of hydrogen-bond acceptors (Lipinski definition) is 7. The van der Waals surface area contributed by atoms with Gasteiger partial charge in [-0.25, -0.2) is 4.98 Å². The molecule has 0 atom stereocenters. The quantitative estimate of drug-likeness (QED) is 0.330. The summed E-state index contributed by atoms with van der Waals surface area (Å²) < 4.78 is 5.25. The SMILES string of the molecule is COc1ccccc1NC(=O)c1ccc(NC(=O)CSc2n[nH]c(-c3cccs3)n2)cc1. The highest BCUT2D eigenvalue weighted by atomic mass is 32.2. The van der Waals surface area contributed by atoms with Gasteiger partial charge in [0, 0.05) is 11.3 Å². The van der Waals surface area contributed by atoms with E-state index in [1.54, 1.807) is 54.8 Å². The van der Waals surface area contributed by atoms with E-state index in [2.05, 4.69) is 25.8 Å². The van der Waals surface area contributed by atoms with E-state index in [0.29, 0.717) is 33.7 Å². The summed E-state index contributed by atoms with van der Waals surface area (Å²) in [6.07, 6.45) is 0. The number of anilines is 2. The van der Waals surface area contributed by atoms with Crippen LogP contribution in [0.15, 0.2) is 71.2 Å². The minimum atomic E-state index is -0.269. The zero-order valence-corrected chi connectivity index (χ0v) is 18.6. The van der Waals surface area contributed by atoms with Gasteiger partial charge < -0.3 is 15.4 Å². The van der Waals surface area contributed by atoms with Crippen LogP contribution < -0.4 is 15.4 Å². The summed E-state index contributed by atoms with van der Waals surface area (Å²) in [5, 5.41) is 15.1. The van der Waals surface area contributed by atoms with Crippen molar-refractivity contribution >= 4 is 46.3 Å². The average Bonchev–Trinajstić information content (AvgIpc) is 3.50. The molecule has 4 rings (SSSR count). The van der Waals surface area contributed by atoms with Gasteiger partial charge in [-0.2, -0.15) is 0 Å². The number of H-pyrrole nitrogens is 1. The van der Waals surface area contributed by atoms with Gasteiger partial charge in [0.25, 0.3) is 5.91 Å². The molecule has 8 nitrogen and oxygen atoms in total. The van der Waals surface area contributed by atoms with Crippen molar-refractivity contribution in [2.45, 2.75) is 5.16 Å². The predicted molar refractivity (Wildman–Crippen MR) is 126 cm³/mol. The molecule has 2 amide bonds. The van der Waals surface area contributed by atoms with Crippen LogP contribution in [-0.2, 0) is 4.79 Å². The zero-order chi connectivity index (χ0) is 22.3. The van der Waals surface area contributed by atoms with Crippen LogP contribution in [0.3, 0.4) is 0 Å². The molecule has 162 valence electrons. The number of ether oxygens (including phenoxy) is 1. The number of hydrogen-bond donors (Lipinski definition) is 3. The first-order valence-corrected chi connectivity index (χ1v) is 11.4. The maximum atomic E-state index is 12.5. The number of methoxy groups -OCH3 is 1. The van der Waals surface area contributed by atoms with E-state index in [-0.39, 0.29) is 17.6 Å². The van der Waals surface area contributed by atoms with Crippen molar-refractivity contribution < 1.29 is 14.3 Å². The number of amides is 2. The van der Waals surface area contributed by atoms with E-state index in [4.69, 9.17) is 4.74 Å². The topological polar surface area (TPSA) is 109 Å². The lowest BCUT2D eigenvalue weighted by atomic mass is 10.2. The predicted octanol–water partition coefficient (Wildman–Crippen LogP) is 4.52. The third-order valence-electron chi connectivity index (χ3n) is 4.34. The number of rotatable bonds is 8. The lowest BCUT2D eigenvalue weighted by Gasteiger charge is -2.10. The second-order valence-corrected chi connectivity index (χ2v) is 8.40. The van der Waals surface area contributed by atoms with Crippen LogP contribution in [0.5, 0.6) is 5.75 Å². The van der Waals surface area contributed by atoms with E-state index in [0.717, 1.165) is 4.88 Å². The van der Waals surface area contributed by atoms with Crippen LogP contribution in [0.2, 0.25) is 0 Å². The first kappa shape index (κ1) is 21.6. The second-order valence-electron chi connectivity index (χ2n) is 6.51. The Hall–Kier alpha value is -3.63. The summed E-state index contributed by atoms with van der Waals surface area (Å²) in [6, 6.07) is 17.7. The number of aromatic amines is 1. The summed E-state index contributed by atoms with van der Waals surface area (Å²) in [7, 11) is 1.55. The highest BCUT2D eigenvalue weighted by molar-refractivity contribution is 7.99. The zero-order valence-electron chi connectivity index (χ0n) is 17.0. The van der Waals surface area contributed by atoms with Gasteiger partial charge in [-0.3, -0.25) is 14.7 Å². The van der Waals surface area contributed by atoms with Crippen molar-refractivity contribution in [1.82, 2.24) is 15.2 Å². The number of carbonyl (C=O) groups excluding carboxylic acids is 2. The molecular formula is C22H19N5O3S2. The first-order chi connectivity index (χ1) is 15.6. The van der Waals surface area contributed by atoms with Crippen molar-refractivity contribution in [2.75, 3.05) is 23.5 Å². The Morgan fingerprint density at radius 1 is 1.06 bits per heavy atom. The van der Waals surface area contributed by atoms with Gasteiger partial charge in [0.15, 0.2) is 5.82 Å². The van der Waals surface area contributed by atoms with Gasteiger partial charge in [-0.05, 0) is 47.8 Å². The molecule has 0 saturated carbocycles. The minimum Gasteiger partial charge on any atom is -0.495 e. The fraction of sp³-hybridized carbons (Fsp3) is 0.0909. The molecular weight excluding hydrogens is 446 g/mol. The number of para-hydroxylation sites is 2. The molecule has 3 N–H and O–H groups in total. The van der Waals surface area contributed by atoms with Crippen LogP contribution in [-0.4, -0.2) is 39.9 Å². The monoisotopic (exact) mass is 465 g/mol. The summed E-state index contributed by atoms with van der Waals surface area (Å²) in [5.74, 6) is 0.969. The Balaban J connectivity index is 1.29. The number of benzene rings is 2. The minimum absolute atomic E-state index is 0.164. The van der Waals surface area contributed by atoms with Crippen molar-refractivity contribution in [3.8, 4) is 16.5 Å². The normalized spacial score (nSPS) is 10.5. The van der Waals surface area contributed by atoms with Crippen LogP contribution in [0.25, 0.3) is 10.7 Å². The molecule has 0 fully saturated rings. The van der Waals surface area contributed by atoms with Crippen LogP contribution in [0, 0.1) is 0 Å². The largest absolute Gasteiger partial charge is 0.495 e. The second kappa shape index (κ2) is 10.1. The van der Waals surface area contributed by atoms with Gasteiger partial charge in [0.2, 0.25) is 11.1 Å². The molecule has 0 aliphatic carbocycles. The molecule has 32 heavy (non-hydrogen) atoms.